The summed E-state index contributed by atoms with van der Waals surface area (Å²) in [7, 11) is 0. The number of hydrogen-bond donors (Lipinski definition) is 3. The Morgan fingerprint density at radius 3 is 2.59 bits per heavy atom. The van der Waals surface area contributed by atoms with Crippen molar-refractivity contribution in [3.05, 3.63) is 53.6 Å². The van der Waals surface area contributed by atoms with Crippen molar-refractivity contribution in [2.45, 2.75) is 33.1 Å². The number of aromatic amines is 1. The third-order valence-electron chi connectivity index (χ3n) is 4.86. The lowest BCUT2D eigenvalue weighted by Crippen LogP contribution is -2.31. The number of nitrogens with zero attached hydrogens (tertiary/aromatic N) is 1. The number of rotatable bonds is 8. The molecular formula is C24H26N4O4. The van der Waals surface area contributed by atoms with Crippen molar-refractivity contribution in [3.63, 3.8) is 0 Å². The fourth-order valence-corrected chi connectivity index (χ4v) is 3.30. The number of benzene rings is 2. The fraction of sp³-hybridized carbons (Fsp3) is 0.292. The molecule has 0 saturated heterocycles. The Bertz CT molecular complexity index is 1130. The number of hydroxylamine groups is 1. The highest BCUT2D eigenvalue weighted by molar-refractivity contribution is 5.94. The molecule has 3 N–H and O–H groups in total. The van der Waals surface area contributed by atoms with E-state index in [1.54, 1.807) is 24.3 Å². The molecule has 0 saturated carbocycles. The number of fused-ring (bicyclic) bond motifs is 1. The van der Waals surface area contributed by atoms with Gasteiger partial charge in [0, 0.05) is 29.6 Å². The van der Waals surface area contributed by atoms with Crippen molar-refractivity contribution in [1.82, 2.24) is 10.5 Å². The number of carbonyl (C=O) groups is 2. The van der Waals surface area contributed by atoms with Crippen molar-refractivity contribution >= 4 is 28.6 Å². The van der Waals surface area contributed by atoms with Crippen molar-refractivity contribution in [2.24, 2.45) is 0 Å². The fourth-order valence-electron chi connectivity index (χ4n) is 3.30. The first-order valence-corrected chi connectivity index (χ1v) is 10.5. The van der Waals surface area contributed by atoms with E-state index in [-0.39, 0.29) is 6.42 Å². The number of nitriles is 1. The number of urea groups is 1. The van der Waals surface area contributed by atoms with E-state index in [0.29, 0.717) is 36.6 Å². The van der Waals surface area contributed by atoms with Crippen LogP contribution >= 0.6 is 0 Å². The third kappa shape index (κ3) is 5.65. The molecule has 0 unspecified atom stereocenters. The van der Waals surface area contributed by atoms with Crippen LogP contribution in [0.2, 0.25) is 0 Å². The molecule has 0 spiro atoms. The average Bonchev–Trinajstić information content (AvgIpc) is 3.16. The molecule has 0 atom stereocenters. The zero-order chi connectivity index (χ0) is 22.9. The third-order valence-corrected chi connectivity index (χ3v) is 4.86. The maximum Gasteiger partial charge on any atom is 0.352 e. The highest BCUT2D eigenvalue weighted by Crippen LogP contribution is 2.31. The van der Waals surface area contributed by atoms with Gasteiger partial charge in [-0.25, -0.2) is 9.59 Å². The summed E-state index contributed by atoms with van der Waals surface area (Å²) in [6.45, 7) is 5.15. The molecule has 0 fully saturated rings. The Morgan fingerprint density at radius 1 is 1.12 bits per heavy atom. The number of hydrogen-bond acceptors (Lipinski definition) is 5. The van der Waals surface area contributed by atoms with Crippen LogP contribution in [0, 0.1) is 11.3 Å². The lowest BCUT2D eigenvalue weighted by molar-refractivity contribution is -0.148. The molecule has 3 rings (SSSR count). The van der Waals surface area contributed by atoms with Crippen LogP contribution in [0.3, 0.4) is 0 Å². The summed E-state index contributed by atoms with van der Waals surface area (Å²) in [6.07, 6.45) is 1.67. The summed E-state index contributed by atoms with van der Waals surface area (Å²) in [6, 6.07) is 14.7. The Hall–Kier alpha value is -3.83. The highest BCUT2D eigenvalue weighted by Gasteiger charge is 2.14. The molecule has 1 aromatic heterocycles. The van der Waals surface area contributed by atoms with Crippen LogP contribution in [0.25, 0.3) is 22.2 Å². The van der Waals surface area contributed by atoms with Crippen molar-refractivity contribution in [1.29, 1.82) is 5.26 Å². The van der Waals surface area contributed by atoms with E-state index >= 15 is 0 Å². The van der Waals surface area contributed by atoms with Crippen molar-refractivity contribution in [3.8, 4) is 17.3 Å². The molecule has 0 aliphatic carbocycles. The monoisotopic (exact) mass is 434 g/mol. The summed E-state index contributed by atoms with van der Waals surface area (Å²) < 4.78 is 5.42. The van der Waals surface area contributed by atoms with Gasteiger partial charge in [-0.3, -0.25) is 0 Å². The molecule has 8 heteroatoms. The molecule has 1 heterocycles. The minimum Gasteiger partial charge on any atom is -0.381 e. The number of aromatic nitrogens is 1. The first-order valence-electron chi connectivity index (χ1n) is 10.5. The summed E-state index contributed by atoms with van der Waals surface area (Å²) in [5, 5.41) is 13.2. The summed E-state index contributed by atoms with van der Waals surface area (Å²) in [5.74, 6) is -0.498. The number of amides is 2. The smallest absolute Gasteiger partial charge is 0.352 e. The van der Waals surface area contributed by atoms with Gasteiger partial charge in [0.15, 0.2) is 0 Å². The molecule has 3 aromatic rings. The number of nitrogens with one attached hydrogen (secondary N) is 3. The Kier molecular flexibility index (Phi) is 7.84. The van der Waals surface area contributed by atoms with E-state index in [2.05, 4.69) is 26.7 Å². The number of H-pyrrole nitrogens is 1. The molecule has 32 heavy (non-hydrogen) atoms. The SMILES string of the molecule is CCCC(=O)ONC(=O)Nc1ccc(-c2[nH]c3cc(CCOCC)ccc3c2C#N)cc1. The zero-order valence-electron chi connectivity index (χ0n) is 18.2. The standard InChI is InChI=1S/C24H26N4O4/c1-3-5-22(29)32-28-24(30)26-18-9-7-17(8-10-18)23-20(15-25)19-11-6-16(12-13-31-4-2)14-21(19)27-23/h6-11,14,27H,3-5,12-13H2,1-2H3,(H2,26,28,30). The van der Waals surface area contributed by atoms with Crippen molar-refractivity contribution in [2.75, 3.05) is 18.5 Å². The lowest BCUT2D eigenvalue weighted by atomic mass is 10.0. The molecule has 0 bridgehead atoms. The van der Waals surface area contributed by atoms with Gasteiger partial charge in [0.1, 0.15) is 6.07 Å². The number of ether oxygens (including phenoxy) is 1. The Morgan fingerprint density at radius 2 is 1.91 bits per heavy atom. The Balaban J connectivity index is 1.73. The second-order valence-corrected chi connectivity index (χ2v) is 7.17. The largest absolute Gasteiger partial charge is 0.381 e. The average molecular weight is 434 g/mol. The molecule has 166 valence electrons. The van der Waals surface area contributed by atoms with E-state index in [9.17, 15) is 14.9 Å². The quantitative estimate of drug-likeness (QED) is 0.352. The van der Waals surface area contributed by atoms with Gasteiger partial charge in [0.05, 0.1) is 17.9 Å². The van der Waals surface area contributed by atoms with Gasteiger partial charge in [-0.15, -0.1) is 0 Å². The van der Waals surface area contributed by atoms with E-state index in [0.717, 1.165) is 28.5 Å². The van der Waals surface area contributed by atoms with E-state index in [1.807, 2.05) is 32.0 Å². The predicted molar refractivity (Wildman–Crippen MR) is 122 cm³/mol. The van der Waals surface area contributed by atoms with Crippen LogP contribution in [0.5, 0.6) is 0 Å². The van der Waals surface area contributed by atoms with Gasteiger partial charge in [-0.05, 0) is 49.1 Å². The molecule has 8 nitrogen and oxygen atoms in total. The van der Waals surface area contributed by atoms with E-state index < -0.39 is 12.0 Å². The number of carbonyl (C=O) groups excluding carboxylic acids is 2. The first kappa shape index (κ1) is 22.8. The van der Waals surface area contributed by atoms with E-state index in [1.165, 1.54) is 0 Å². The van der Waals surface area contributed by atoms with Crippen LogP contribution in [-0.2, 0) is 20.8 Å². The summed E-state index contributed by atoms with van der Waals surface area (Å²) in [4.78, 5) is 31.2. The number of anilines is 1. The van der Waals surface area contributed by atoms with Crippen molar-refractivity contribution < 1.29 is 19.2 Å². The van der Waals surface area contributed by atoms with Gasteiger partial charge in [0.25, 0.3) is 0 Å². The molecule has 0 aliphatic heterocycles. The van der Waals surface area contributed by atoms with Crippen LogP contribution in [-0.4, -0.2) is 30.2 Å². The highest BCUT2D eigenvalue weighted by atomic mass is 16.7. The minimum absolute atomic E-state index is 0.231. The normalized spacial score (nSPS) is 10.5. The van der Waals surface area contributed by atoms with Crippen LogP contribution in [0.1, 0.15) is 37.8 Å². The molecule has 0 aliphatic rings. The molecule has 0 radical (unpaired) electrons. The van der Waals surface area contributed by atoms with Gasteiger partial charge >= 0.3 is 12.0 Å². The maximum atomic E-state index is 11.9. The van der Waals surface area contributed by atoms with Crippen LogP contribution < -0.4 is 10.8 Å². The van der Waals surface area contributed by atoms with Gasteiger partial charge < -0.3 is 19.9 Å². The second-order valence-electron chi connectivity index (χ2n) is 7.17. The Labute approximate surface area is 186 Å². The van der Waals surface area contributed by atoms with E-state index in [4.69, 9.17) is 4.74 Å². The first-order chi connectivity index (χ1) is 15.5. The molecule has 2 aromatic carbocycles. The zero-order valence-corrected chi connectivity index (χ0v) is 18.2. The predicted octanol–water partition coefficient (Wildman–Crippen LogP) is 4.67. The topological polar surface area (TPSA) is 116 Å². The van der Waals surface area contributed by atoms with Gasteiger partial charge in [0.2, 0.25) is 0 Å². The second kappa shape index (κ2) is 11.0. The minimum atomic E-state index is -0.648. The van der Waals surface area contributed by atoms with Gasteiger partial charge in [-0.2, -0.15) is 10.7 Å². The van der Waals surface area contributed by atoms with Gasteiger partial charge in [-0.1, -0.05) is 31.2 Å². The van der Waals surface area contributed by atoms with Crippen LogP contribution in [0.4, 0.5) is 10.5 Å². The lowest BCUT2D eigenvalue weighted by Gasteiger charge is -2.08. The maximum absolute atomic E-state index is 11.9. The summed E-state index contributed by atoms with van der Waals surface area (Å²) >= 11 is 0. The molecular weight excluding hydrogens is 408 g/mol. The summed E-state index contributed by atoms with van der Waals surface area (Å²) in [5.41, 5.74) is 6.70. The molecule has 2 amide bonds. The van der Waals surface area contributed by atoms with Crippen LogP contribution in [0.15, 0.2) is 42.5 Å².